The summed E-state index contributed by atoms with van der Waals surface area (Å²) < 4.78 is 6.41. The smallest absolute Gasteiger partial charge is 0.160 e. The topological polar surface area (TPSA) is 51.8 Å². The maximum atomic E-state index is 6.41. The predicted molar refractivity (Wildman–Crippen MR) is 276 cm³/mol. The number of hydrogen-bond acceptors (Lipinski definition) is 4. The van der Waals surface area contributed by atoms with Gasteiger partial charge in [0.15, 0.2) is 5.82 Å². The first kappa shape index (κ1) is 39.6. The minimum absolute atomic E-state index is 0.667. The summed E-state index contributed by atoms with van der Waals surface area (Å²) in [6.45, 7) is 0. The zero-order valence-corrected chi connectivity index (χ0v) is 36.4. The fraction of sp³-hybridized carbons (Fsp3) is 0. The third-order valence-electron chi connectivity index (χ3n) is 12.5. The van der Waals surface area contributed by atoms with Crippen molar-refractivity contribution in [3.8, 4) is 101 Å². The van der Waals surface area contributed by atoms with E-state index >= 15 is 0 Å². The highest BCUT2D eigenvalue weighted by molar-refractivity contribution is 6.10. The summed E-state index contributed by atoms with van der Waals surface area (Å²) in [6.07, 6.45) is 0. The van der Waals surface area contributed by atoms with E-state index in [4.69, 9.17) is 19.4 Å². The van der Waals surface area contributed by atoms with Gasteiger partial charge in [-0.3, -0.25) is 0 Å². The first-order chi connectivity index (χ1) is 33.2. The molecule has 0 amide bonds. The summed E-state index contributed by atoms with van der Waals surface area (Å²) in [5.74, 6) is 0.667. The molecule has 12 rings (SSSR count). The number of para-hydroxylation sites is 2. The van der Waals surface area contributed by atoms with Gasteiger partial charge in [-0.25, -0.2) is 15.0 Å². The molecule has 0 bridgehead atoms. The Morgan fingerprint density at radius 2 is 0.672 bits per heavy atom. The number of pyridine rings is 1. The standard InChI is InChI=1S/C63H41N3O/c1-6-19-45(20-7-1)58-57(59(46-21-8-2-9-22-46)61(49-25-12-4-13-26-49)66-60(58)48-23-10-3-11-24-48)47-39-37-44(38-40-47)55-41-54(64-63(65-55)50-27-14-5-15-28-50)43-35-33-42(34-36-43)51-30-18-31-53-52-29-16-17-32-56(52)67-62(51)53/h1-41H. The zero-order valence-electron chi connectivity index (χ0n) is 36.4. The number of aromatic nitrogens is 3. The van der Waals surface area contributed by atoms with Gasteiger partial charge in [0.2, 0.25) is 0 Å². The van der Waals surface area contributed by atoms with Crippen LogP contribution in [0.15, 0.2) is 253 Å². The van der Waals surface area contributed by atoms with Crippen LogP contribution in [0.3, 0.4) is 0 Å². The molecule has 0 saturated heterocycles. The van der Waals surface area contributed by atoms with Crippen molar-refractivity contribution in [2.75, 3.05) is 0 Å². The molecule has 0 aliphatic heterocycles. The predicted octanol–water partition coefficient (Wildman–Crippen LogP) is 16.8. The molecule has 0 spiro atoms. The number of rotatable bonds is 9. The highest BCUT2D eigenvalue weighted by Crippen LogP contribution is 2.49. The van der Waals surface area contributed by atoms with Crippen molar-refractivity contribution in [3.63, 3.8) is 0 Å². The van der Waals surface area contributed by atoms with Gasteiger partial charge in [-0.15, -0.1) is 0 Å². The molecule has 0 fully saturated rings. The van der Waals surface area contributed by atoms with Crippen molar-refractivity contribution in [2.24, 2.45) is 0 Å². The van der Waals surface area contributed by atoms with Crippen LogP contribution in [0.4, 0.5) is 0 Å². The average Bonchev–Trinajstić information content (AvgIpc) is 3.81. The molecule has 0 radical (unpaired) electrons. The van der Waals surface area contributed by atoms with Crippen molar-refractivity contribution >= 4 is 21.9 Å². The fourth-order valence-corrected chi connectivity index (χ4v) is 9.32. The molecule has 12 aromatic rings. The van der Waals surface area contributed by atoms with Crippen molar-refractivity contribution in [2.45, 2.75) is 0 Å². The van der Waals surface area contributed by atoms with E-state index in [2.05, 4.69) is 218 Å². The Kier molecular flexibility index (Phi) is 10.2. The third kappa shape index (κ3) is 7.47. The molecule has 0 aliphatic carbocycles. The molecule has 0 aliphatic rings. The normalized spacial score (nSPS) is 11.3. The van der Waals surface area contributed by atoms with Gasteiger partial charge in [-0.05, 0) is 34.4 Å². The van der Waals surface area contributed by atoms with E-state index in [0.29, 0.717) is 5.82 Å². The molecule has 0 N–H and O–H groups in total. The minimum Gasteiger partial charge on any atom is -0.455 e. The Labute approximate surface area is 389 Å². The van der Waals surface area contributed by atoms with Crippen LogP contribution in [-0.4, -0.2) is 15.0 Å². The van der Waals surface area contributed by atoms with Gasteiger partial charge in [0, 0.05) is 60.8 Å². The monoisotopic (exact) mass is 855 g/mol. The molecule has 314 valence electrons. The van der Waals surface area contributed by atoms with E-state index in [1.165, 1.54) is 0 Å². The Morgan fingerprint density at radius 1 is 0.269 bits per heavy atom. The van der Waals surface area contributed by atoms with E-state index in [1.54, 1.807) is 0 Å². The summed E-state index contributed by atoms with van der Waals surface area (Å²) in [5, 5.41) is 2.23. The van der Waals surface area contributed by atoms with Crippen LogP contribution in [0.2, 0.25) is 0 Å². The summed E-state index contributed by atoms with van der Waals surface area (Å²) in [5.41, 5.74) is 19.0. The lowest BCUT2D eigenvalue weighted by Gasteiger charge is -2.23. The van der Waals surface area contributed by atoms with E-state index < -0.39 is 0 Å². The summed E-state index contributed by atoms with van der Waals surface area (Å²) in [6, 6.07) is 86.8. The summed E-state index contributed by atoms with van der Waals surface area (Å²) >= 11 is 0. The van der Waals surface area contributed by atoms with E-state index in [9.17, 15) is 0 Å². The number of nitrogens with zero attached hydrogens (tertiary/aromatic N) is 3. The maximum Gasteiger partial charge on any atom is 0.160 e. The van der Waals surface area contributed by atoms with Crippen molar-refractivity contribution in [1.82, 2.24) is 15.0 Å². The first-order valence-corrected chi connectivity index (χ1v) is 22.6. The van der Waals surface area contributed by atoms with Gasteiger partial charge < -0.3 is 4.42 Å². The van der Waals surface area contributed by atoms with Crippen LogP contribution >= 0.6 is 0 Å². The van der Waals surface area contributed by atoms with Gasteiger partial charge in [0.05, 0.1) is 22.8 Å². The van der Waals surface area contributed by atoms with Gasteiger partial charge in [0.1, 0.15) is 11.2 Å². The molecule has 67 heavy (non-hydrogen) atoms. The Balaban J connectivity index is 1.02. The van der Waals surface area contributed by atoms with Gasteiger partial charge in [0.25, 0.3) is 0 Å². The van der Waals surface area contributed by atoms with Crippen LogP contribution < -0.4 is 0 Å². The molecule has 4 heteroatoms. The van der Waals surface area contributed by atoms with E-state index in [0.717, 1.165) is 117 Å². The largest absolute Gasteiger partial charge is 0.455 e. The number of hydrogen-bond donors (Lipinski definition) is 0. The molecule has 0 unspecified atom stereocenters. The molecular formula is C63H41N3O. The van der Waals surface area contributed by atoms with E-state index in [-0.39, 0.29) is 0 Å². The Bertz CT molecular complexity index is 3580. The highest BCUT2D eigenvalue weighted by Gasteiger charge is 2.25. The SMILES string of the molecule is c1ccc(-c2nc(-c3ccc(-c4c(-c5ccccc5)c(-c5ccccc5)nc(-c5ccccc5)c4-c4ccccc4)cc3)cc(-c3ccc(-c4cccc5c4oc4ccccc45)cc3)n2)cc1. The molecule has 9 aromatic carbocycles. The van der Waals surface area contributed by atoms with Crippen LogP contribution in [0, 0.1) is 0 Å². The van der Waals surface area contributed by atoms with Crippen LogP contribution in [0.25, 0.3) is 123 Å². The lowest BCUT2D eigenvalue weighted by molar-refractivity contribution is 0.670. The number of fused-ring (bicyclic) bond motifs is 3. The van der Waals surface area contributed by atoms with Crippen LogP contribution in [-0.2, 0) is 0 Å². The van der Waals surface area contributed by atoms with Gasteiger partial charge >= 0.3 is 0 Å². The molecule has 3 aromatic heterocycles. The lowest BCUT2D eigenvalue weighted by atomic mass is 9.83. The Hall–Kier alpha value is -8.99. The van der Waals surface area contributed by atoms with Crippen molar-refractivity contribution < 1.29 is 4.42 Å². The zero-order chi connectivity index (χ0) is 44.5. The first-order valence-electron chi connectivity index (χ1n) is 22.6. The molecule has 3 heterocycles. The molecule has 0 atom stereocenters. The van der Waals surface area contributed by atoms with E-state index in [1.807, 2.05) is 30.3 Å². The van der Waals surface area contributed by atoms with Crippen molar-refractivity contribution in [1.29, 1.82) is 0 Å². The summed E-state index contributed by atoms with van der Waals surface area (Å²) in [4.78, 5) is 16.0. The quantitative estimate of drug-likeness (QED) is 0.145. The minimum atomic E-state index is 0.667. The second-order valence-corrected chi connectivity index (χ2v) is 16.7. The fourth-order valence-electron chi connectivity index (χ4n) is 9.32. The third-order valence-corrected chi connectivity index (χ3v) is 12.5. The van der Waals surface area contributed by atoms with Gasteiger partial charge in [-0.1, -0.05) is 237 Å². The Morgan fingerprint density at radius 3 is 1.19 bits per heavy atom. The average molecular weight is 856 g/mol. The molecule has 4 nitrogen and oxygen atoms in total. The molecule has 0 saturated carbocycles. The highest BCUT2D eigenvalue weighted by atomic mass is 16.3. The number of benzene rings is 9. The van der Waals surface area contributed by atoms with Crippen LogP contribution in [0.1, 0.15) is 0 Å². The maximum absolute atomic E-state index is 6.41. The second kappa shape index (κ2) is 17.2. The number of furan rings is 1. The van der Waals surface area contributed by atoms with Crippen molar-refractivity contribution in [3.05, 3.63) is 249 Å². The lowest BCUT2D eigenvalue weighted by Crippen LogP contribution is -2.01. The summed E-state index contributed by atoms with van der Waals surface area (Å²) in [7, 11) is 0. The molecular weight excluding hydrogens is 815 g/mol. The second-order valence-electron chi connectivity index (χ2n) is 16.7. The van der Waals surface area contributed by atoms with Crippen LogP contribution in [0.5, 0.6) is 0 Å². The van der Waals surface area contributed by atoms with Gasteiger partial charge in [-0.2, -0.15) is 0 Å².